The van der Waals surface area contributed by atoms with Crippen LogP contribution in [0.15, 0.2) is 30.5 Å². The standard InChI is InChI=1S/C17H21N3O2/c21-16(19-20-17(22)12-6-2-1-3-7-12)10-13-11-18-15-9-5-4-8-14(13)15/h4-5,8-9,11-12,18H,1-3,6-7,10H2,(H,19,21)(H,20,22). The fourth-order valence-corrected chi connectivity index (χ4v) is 3.09. The van der Waals surface area contributed by atoms with Gasteiger partial charge >= 0.3 is 0 Å². The molecular weight excluding hydrogens is 278 g/mol. The van der Waals surface area contributed by atoms with Gasteiger partial charge < -0.3 is 4.98 Å². The molecule has 1 fully saturated rings. The van der Waals surface area contributed by atoms with Crippen molar-refractivity contribution in [1.29, 1.82) is 0 Å². The van der Waals surface area contributed by atoms with Crippen molar-refractivity contribution in [1.82, 2.24) is 15.8 Å². The molecule has 1 heterocycles. The lowest BCUT2D eigenvalue weighted by Crippen LogP contribution is -2.45. The molecule has 22 heavy (non-hydrogen) atoms. The number of hydrogen-bond donors (Lipinski definition) is 3. The quantitative estimate of drug-likeness (QED) is 0.762. The zero-order chi connectivity index (χ0) is 15.4. The second-order valence-corrected chi connectivity index (χ2v) is 5.91. The number of H-pyrrole nitrogens is 1. The van der Waals surface area contributed by atoms with Gasteiger partial charge in [-0.05, 0) is 24.5 Å². The van der Waals surface area contributed by atoms with Gasteiger partial charge in [0.15, 0.2) is 0 Å². The Kier molecular flexibility index (Phi) is 4.42. The third kappa shape index (κ3) is 3.30. The fourth-order valence-electron chi connectivity index (χ4n) is 3.09. The van der Waals surface area contributed by atoms with E-state index in [1.165, 1.54) is 6.42 Å². The molecule has 1 aliphatic rings. The fraction of sp³-hybridized carbons (Fsp3) is 0.412. The second-order valence-electron chi connectivity index (χ2n) is 5.91. The van der Waals surface area contributed by atoms with Gasteiger partial charge in [0.05, 0.1) is 6.42 Å². The maximum absolute atomic E-state index is 12.0. The minimum Gasteiger partial charge on any atom is -0.361 e. The first-order chi connectivity index (χ1) is 10.7. The molecule has 0 radical (unpaired) electrons. The molecular formula is C17H21N3O2. The highest BCUT2D eigenvalue weighted by molar-refractivity contribution is 5.90. The van der Waals surface area contributed by atoms with Gasteiger partial charge in [-0.1, -0.05) is 37.5 Å². The van der Waals surface area contributed by atoms with E-state index in [1.54, 1.807) is 0 Å². The highest BCUT2D eigenvalue weighted by atomic mass is 16.2. The van der Waals surface area contributed by atoms with E-state index in [2.05, 4.69) is 15.8 Å². The van der Waals surface area contributed by atoms with Gasteiger partial charge in [-0.2, -0.15) is 0 Å². The minimum absolute atomic E-state index is 0.0436. The number of rotatable bonds is 3. The van der Waals surface area contributed by atoms with E-state index in [0.717, 1.165) is 42.1 Å². The van der Waals surface area contributed by atoms with Gasteiger partial charge in [-0.15, -0.1) is 0 Å². The van der Waals surface area contributed by atoms with Gasteiger partial charge in [0.25, 0.3) is 0 Å². The van der Waals surface area contributed by atoms with Crippen molar-refractivity contribution in [2.75, 3.05) is 0 Å². The summed E-state index contributed by atoms with van der Waals surface area (Å²) in [6.45, 7) is 0. The Balaban J connectivity index is 1.53. The maximum Gasteiger partial charge on any atom is 0.242 e. The molecule has 3 N–H and O–H groups in total. The van der Waals surface area contributed by atoms with Gasteiger partial charge in [0.1, 0.15) is 0 Å². The van der Waals surface area contributed by atoms with Gasteiger partial charge in [0.2, 0.25) is 11.8 Å². The summed E-state index contributed by atoms with van der Waals surface area (Å²) >= 11 is 0. The summed E-state index contributed by atoms with van der Waals surface area (Å²) in [5.41, 5.74) is 7.04. The lowest BCUT2D eigenvalue weighted by molar-refractivity contribution is -0.131. The number of hydrazine groups is 1. The number of aromatic nitrogens is 1. The van der Waals surface area contributed by atoms with Crippen LogP contribution < -0.4 is 10.9 Å². The van der Waals surface area contributed by atoms with Crippen molar-refractivity contribution in [2.45, 2.75) is 38.5 Å². The number of benzene rings is 1. The molecule has 0 atom stereocenters. The summed E-state index contributed by atoms with van der Waals surface area (Å²) in [6.07, 6.45) is 7.33. The number of carbonyl (C=O) groups is 2. The Morgan fingerprint density at radius 3 is 2.68 bits per heavy atom. The predicted molar refractivity (Wildman–Crippen MR) is 84.9 cm³/mol. The van der Waals surface area contributed by atoms with E-state index in [4.69, 9.17) is 0 Å². The van der Waals surface area contributed by atoms with Crippen LogP contribution in [0.2, 0.25) is 0 Å². The number of hydrogen-bond acceptors (Lipinski definition) is 2. The molecule has 1 aliphatic carbocycles. The Hall–Kier alpha value is -2.30. The molecule has 0 unspecified atom stereocenters. The van der Waals surface area contributed by atoms with Crippen LogP contribution in [0, 0.1) is 5.92 Å². The van der Waals surface area contributed by atoms with E-state index in [1.807, 2.05) is 30.5 Å². The Morgan fingerprint density at radius 1 is 1.09 bits per heavy atom. The lowest BCUT2D eigenvalue weighted by atomic mass is 9.89. The highest BCUT2D eigenvalue weighted by Crippen LogP contribution is 2.23. The molecule has 2 amide bonds. The summed E-state index contributed by atoms with van der Waals surface area (Å²) in [4.78, 5) is 27.1. The minimum atomic E-state index is -0.200. The smallest absolute Gasteiger partial charge is 0.242 e. The average molecular weight is 299 g/mol. The van der Waals surface area contributed by atoms with Crippen molar-refractivity contribution in [3.05, 3.63) is 36.0 Å². The Labute approximate surface area is 129 Å². The van der Waals surface area contributed by atoms with Crippen molar-refractivity contribution >= 4 is 22.7 Å². The van der Waals surface area contributed by atoms with E-state index >= 15 is 0 Å². The topological polar surface area (TPSA) is 74.0 Å². The molecule has 1 aromatic carbocycles. The molecule has 0 saturated heterocycles. The number of aromatic amines is 1. The Bertz CT molecular complexity index is 671. The monoisotopic (exact) mass is 299 g/mol. The second kappa shape index (κ2) is 6.64. The third-order valence-electron chi connectivity index (χ3n) is 4.33. The van der Waals surface area contributed by atoms with E-state index in [-0.39, 0.29) is 24.2 Å². The summed E-state index contributed by atoms with van der Waals surface area (Å²) in [5.74, 6) is -0.219. The zero-order valence-corrected chi connectivity index (χ0v) is 12.5. The van der Waals surface area contributed by atoms with Crippen molar-refractivity contribution < 1.29 is 9.59 Å². The molecule has 1 aromatic heterocycles. The summed E-state index contributed by atoms with van der Waals surface area (Å²) < 4.78 is 0. The third-order valence-corrected chi connectivity index (χ3v) is 4.33. The van der Waals surface area contributed by atoms with Gasteiger partial charge in [0, 0.05) is 23.0 Å². The van der Waals surface area contributed by atoms with E-state index < -0.39 is 0 Å². The van der Waals surface area contributed by atoms with E-state index in [0.29, 0.717) is 0 Å². The molecule has 116 valence electrons. The van der Waals surface area contributed by atoms with Gasteiger partial charge in [-0.3, -0.25) is 20.4 Å². The van der Waals surface area contributed by atoms with Crippen molar-refractivity contribution in [3.63, 3.8) is 0 Å². The molecule has 0 spiro atoms. The first-order valence-electron chi connectivity index (χ1n) is 7.88. The van der Waals surface area contributed by atoms with Crippen LogP contribution in [0.1, 0.15) is 37.7 Å². The molecule has 2 aromatic rings. The molecule has 1 saturated carbocycles. The van der Waals surface area contributed by atoms with Crippen LogP contribution in [0.5, 0.6) is 0 Å². The molecule has 3 rings (SSSR count). The molecule has 0 aliphatic heterocycles. The number of amides is 2. The number of para-hydroxylation sites is 1. The van der Waals surface area contributed by atoms with Crippen molar-refractivity contribution in [3.8, 4) is 0 Å². The number of carbonyl (C=O) groups excluding carboxylic acids is 2. The number of nitrogens with one attached hydrogen (secondary N) is 3. The normalized spacial score (nSPS) is 15.6. The zero-order valence-electron chi connectivity index (χ0n) is 12.5. The summed E-state index contributed by atoms with van der Waals surface area (Å²) in [7, 11) is 0. The Morgan fingerprint density at radius 2 is 1.86 bits per heavy atom. The van der Waals surface area contributed by atoms with Crippen molar-refractivity contribution in [2.24, 2.45) is 5.92 Å². The predicted octanol–water partition coefficient (Wildman–Crippen LogP) is 2.44. The first-order valence-corrected chi connectivity index (χ1v) is 7.88. The largest absolute Gasteiger partial charge is 0.361 e. The van der Waals surface area contributed by atoms with Crippen LogP contribution >= 0.6 is 0 Å². The number of fused-ring (bicyclic) bond motifs is 1. The van der Waals surface area contributed by atoms with Gasteiger partial charge in [-0.25, -0.2) is 0 Å². The van der Waals surface area contributed by atoms with Crippen LogP contribution in [0.3, 0.4) is 0 Å². The lowest BCUT2D eigenvalue weighted by Gasteiger charge is -2.20. The molecule has 0 bridgehead atoms. The maximum atomic E-state index is 12.0. The summed E-state index contributed by atoms with van der Waals surface area (Å²) in [6, 6.07) is 7.85. The SMILES string of the molecule is O=C(Cc1c[nH]c2ccccc12)NNC(=O)C1CCCCC1. The first kappa shape index (κ1) is 14.6. The van der Waals surface area contributed by atoms with Crippen LogP contribution in [-0.4, -0.2) is 16.8 Å². The van der Waals surface area contributed by atoms with E-state index in [9.17, 15) is 9.59 Å². The highest BCUT2D eigenvalue weighted by Gasteiger charge is 2.21. The summed E-state index contributed by atoms with van der Waals surface area (Å²) in [5, 5.41) is 1.04. The van der Waals surface area contributed by atoms with Crippen LogP contribution in [0.25, 0.3) is 10.9 Å². The molecule has 5 nitrogen and oxygen atoms in total. The average Bonchev–Trinajstić information content (AvgIpc) is 2.97. The molecule has 5 heteroatoms. The van der Waals surface area contributed by atoms with Crippen LogP contribution in [-0.2, 0) is 16.0 Å². The van der Waals surface area contributed by atoms with Crippen LogP contribution in [0.4, 0.5) is 0 Å².